The molecule has 2 N–H and O–H groups in total. The summed E-state index contributed by atoms with van der Waals surface area (Å²) < 4.78 is 8.07. The minimum atomic E-state index is -1.94. The monoisotopic (exact) mass is 467 g/mol. The van der Waals surface area contributed by atoms with Crippen molar-refractivity contribution in [3.05, 3.63) is 66.4 Å². The fourth-order valence-corrected chi connectivity index (χ4v) is 4.50. The number of nitrogens with zero attached hydrogens (tertiary/aromatic N) is 2. The van der Waals surface area contributed by atoms with E-state index in [2.05, 4.69) is 33.9 Å². The van der Waals surface area contributed by atoms with Crippen LogP contribution in [0.15, 0.2) is 60.8 Å². The summed E-state index contributed by atoms with van der Waals surface area (Å²) in [7, 11) is -1.94. The minimum absolute atomic E-state index is 0.0498. The van der Waals surface area contributed by atoms with Crippen molar-refractivity contribution in [2.45, 2.75) is 45.4 Å². The number of rotatable bonds is 8. The highest BCUT2D eigenvalue weighted by Gasteiger charge is 2.37. The lowest BCUT2D eigenvalue weighted by Gasteiger charge is -2.37. The molecule has 0 fully saturated rings. The number of carbonyl (C=O) groups excluding carboxylic acids is 2. The Bertz CT molecular complexity index is 1120. The van der Waals surface area contributed by atoms with Gasteiger partial charge in [-0.1, -0.05) is 57.2 Å². The van der Waals surface area contributed by atoms with Crippen LogP contribution in [0.2, 0.25) is 18.1 Å². The molecule has 0 saturated heterocycles. The van der Waals surface area contributed by atoms with Crippen molar-refractivity contribution >= 4 is 36.7 Å². The maximum absolute atomic E-state index is 13.5. The highest BCUT2D eigenvalue weighted by Crippen LogP contribution is 2.36. The molecule has 7 nitrogen and oxygen atoms in total. The molecule has 2 aromatic carbocycles. The number of hydrogen-bond donors (Lipinski definition) is 2. The van der Waals surface area contributed by atoms with Crippen LogP contribution in [0.1, 0.15) is 31.1 Å². The van der Waals surface area contributed by atoms with Gasteiger partial charge in [-0.15, -0.1) is 0 Å². The fourth-order valence-electron chi connectivity index (χ4n) is 3.46. The molecule has 33 heavy (non-hydrogen) atoms. The molecule has 8 heteroatoms. The topological polar surface area (TPSA) is 83.8 Å². The largest absolute Gasteiger partial charge is 0.415 e. The maximum atomic E-state index is 13.5. The molecule has 0 radical (unpaired) electrons. The Labute approximate surface area is 196 Å². The first-order valence-corrected chi connectivity index (χ1v) is 14.0. The predicted molar refractivity (Wildman–Crippen MR) is 133 cm³/mol. The molecule has 0 spiro atoms. The molecular weight excluding hydrogens is 434 g/mol. The highest BCUT2D eigenvalue weighted by atomic mass is 28.4. The Kier molecular flexibility index (Phi) is 7.41. The molecule has 0 atom stereocenters. The van der Waals surface area contributed by atoms with Crippen molar-refractivity contribution in [2.24, 2.45) is 0 Å². The van der Waals surface area contributed by atoms with Crippen LogP contribution in [0.3, 0.4) is 0 Å². The van der Waals surface area contributed by atoms with E-state index in [4.69, 9.17) is 9.63 Å². The Morgan fingerprint density at radius 3 is 2.33 bits per heavy atom. The fraction of sp³-hybridized carbons (Fsp3) is 0.360. The smallest absolute Gasteiger partial charge is 0.276 e. The van der Waals surface area contributed by atoms with E-state index in [0.717, 1.165) is 11.2 Å². The van der Waals surface area contributed by atoms with Crippen molar-refractivity contribution in [3.63, 3.8) is 0 Å². The van der Waals surface area contributed by atoms with Gasteiger partial charge in [-0.05, 0) is 36.3 Å². The van der Waals surface area contributed by atoms with E-state index in [1.165, 1.54) is 0 Å². The molecule has 3 rings (SSSR count). The van der Waals surface area contributed by atoms with Gasteiger partial charge in [0.05, 0.1) is 12.2 Å². The Balaban J connectivity index is 1.85. The molecule has 3 aromatic rings. The highest BCUT2D eigenvalue weighted by molar-refractivity contribution is 6.74. The summed E-state index contributed by atoms with van der Waals surface area (Å²) in [5.74, 6) is -0.725. The second-order valence-electron chi connectivity index (χ2n) is 9.62. The number of fused-ring (bicyclic) bond motifs is 1. The lowest BCUT2D eigenvalue weighted by molar-refractivity contribution is -0.119. The quantitative estimate of drug-likeness (QED) is 0.283. The SMILES string of the molecule is CC(C)(C)[Si](C)(C)OCCN(C(=O)Cn1cc(C(=O)NO)c2ccccc21)c1ccccc1. The van der Waals surface area contributed by atoms with Gasteiger partial charge in [0.2, 0.25) is 5.91 Å². The molecular formula is C25H33N3O4Si. The number of nitrogens with one attached hydrogen (secondary N) is 1. The minimum Gasteiger partial charge on any atom is -0.415 e. The van der Waals surface area contributed by atoms with Gasteiger partial charge in [0.25, 0.3) is 5.91 Å². The first-order chi connectivity index (χ1) is 15.5. The summed E-state index contributed by atoms with van der Waals surface area (Å²) in [6, 6.07) is 16.8. The average molecular weight is 468 g/mol. The van der Waals surface area contributed by atoms with Gasteiger partial charge < -0.3 is 13.9 Å². The van der Waals surface area contributed by atoms with Gasteiger partial charge in [0.1, 0.15) is 6.54 Å². The van der Waals surface area contributed by atoms with Crippen LogP contribution in [-0.2, 0) is 15.8 Å². The van der Waals surface area contributed by atoms with Gasteiger partial charge in [0, 0.05) is 29.3 Å². The zero-order valence-corrected chi connectivity index (χ0v) is 21.0. The normalized spacial score (nSPS) is 12.1. The van der Waals surface area contributed by atoms with Crippen LogP contribution in [0.5, 0.6) is 0 Å². The second kappa shape index (κ2) is 9.90. The van der Waals surface area contributed by atoms with E-state index in [1.807, 2.05) is 48.5 Å². The summed E-state index contributed by atoms with van der Waals surface area (Å²) in [6.45, 7) is 11.9. The number of amides is 2. The van der Waals surface area contributed by atoms with E-state index < -0.39 is 14.2 Å². The van der Waals surface area contributed by atoms with E-state index in [1.54, 1.807) is 27.2 Å². The Morgan fingerprint density at radius 2 is 1.70 bits per heavy atom. The van der Waals surface area contributed by atoms with Crippen LogP contribution in [0.4, 0.5) is 5.69 Å². The van der Waals surface area contributed by atoms with Gasteiger partial charge in [-0.3, -0.25) is 14.8 Å². The standard InChI is InChI=1S/C25H33N3O4Si/c1-25(2,3)33(4,5)32-16-15-28(19-11-7-6-8-12-19)23(29)18-27-17-21(24(30)26-31)20-13-9-10-14-22(20)27/h6-14,17,31H,15-16,18H2,1-5H3,(H,26,30). The Hall–Kier alpha value is -2.94. The van der Waals surface area contributed by atoms with Crippen molar-refractivity contribution in [2.75, 3.05) is 18.1 Å². The number of para-hydroxylation sites is 2. The molecule has 1 aromatic heterocycles. The summed E-state index contributed by atoms with van der Waals surface area (Å²) in [5.41, 5.74) is 3.54. The number of hydroxylamine groups is 1. The molecule has 0 bridgehead atoms. The van der Waals surface area contributed by atoms with Crippen LogP contribution in [-0.4, -0.2) is 43.1 Å². The summed E-state index contributed by atoms with van der Waals surface area (Å²) in [4.78, 5) is 27.3. The van der Waals surface area contributed by atoms with Crippen LogP contribution >= 0.6 is 0 Å². The molecule has 2 amide bonds. The summed E-state index contributed by atoms with van der Waals surface area (Å²) in [5, 5.41) is 9.86. The van der Waals surface area contributed by atoms with Crippen LogP contribution < -0.4 is 10.4 Å². The molecule has 0 aliphatic rings. The number of anilines is 1. The third-order valence-corrected chi connectivity index (χ3v) is 10.9. The zero-order valence-electron chi connectivity index (χ0n) is 20.0. The lowest BCUT2D eigenvalue weighted by Crippen LogP contribution is -2.44. The van der Waals surface area contributed by atoms with Crippen molar-refractivity contribution in [1.82, 2.24) is 10.0 Å². The third kappa shape index (κ3) is 5.52. The first-order valence-electron chi connectivity index (χ1n) is 11.1. The predicted octanol–water partition coefficient (Wildman–Crippen LogP) is 4.82. The molecule has 176 valence electrons. The molecule has 0 unspecified atom stereocenters. The average Bonchev–Trinajstić information content (AvgIpc) is 3.14. The number of hydrogen-bond acceptors (Lipinski definition) is 4. The van der Waals surface area contributed by atoms with Crippen molar-refractivity contribution in [1.29, 1.82) is 0 Å². The Morgan fingerprint density at radius 1 is 1.06 bits per heavy atom. The van der Waals surface area contributed by atoms with Crippen LogP contribution in [0.25, 0.3) is 10.9 Å². The van der Waals surface area contributed by atoms with E-state index >= 15 is 0 Å². The molecule has 1 heterocycles. The van der Waals surface area contributed by atoms with Crippen molar-refractivity contribution < 1.29 is 19.2 Å². The second-order valence-corrected chi connectivity index (χ2v) is 14.4. The number of carbonyl (C=O) groups is 2. The maximum Gasteiger partial charge on any atom is 0.276 e. The molecule has 0 aliphatic carbocycles. The van der Waals surface area contributed by atoms with Crippen molar-refractivity contribution in [3.8, 4) is 0 Å². The third-order valence-electron chi connectivity index (χ3n) is 6.39. The van der Waals surface area contributed by atoms with E-state index in [0.29, 0.717) is 24.1 Å². The van der Waals surface area contributed by atoms with Gasteiger partial charge in [-0.2, -0.15) is 0 Å². The van der Waals surface area contributed by atoms with E-state index in [-0.39, 0.29) is 17.5 Å². The molecule has 0 aliphatic heterocycles. The summed E-state index contributed by atoms with van der Waals surface area (Å²) in [6.07, 6.45) is 1.60. The summed E-state index contributed by atoms with van der Waals surface area (Å²) >= 11 is 0. The first kappa shape index (κ1) is 24.7. The van der Waals surface area contributed by atoms with Crippen LogP contribution in [0, 0.1) is 0 Å². The lowest BCUT2D eigenvalue weighted by atomic mass is 10.2. The van der Waals surface area contributed by atoms with Gasteiger partial charge >= 0.3 is 0 Å². The van der Waals surface area contributed by atoms with Gasteiger partial charge in [0.15, 0.2) is 8.32 Å². The number of benzene rings is 2. The zero-order chi connectivity index (χ0) is 24.2. The van der Waals surface area contributed by atoms with Gasteiger partial charge in [-0.25, -0.2) is 5.48 Å². The number of aromatic nitrogens is 1. The van der Waals surface area contributed by atoms with E-state index in [9.17, 15) is 9.59 Å². The molecule has 0 saturated carbocycles.